The lowest BCUT2D eigenvalue weighted by atomic mass is 10.1. The summed E-state index contributed by atoms with van der Waals surface area (Å²) in [6, 6.07) is 6.96. The van der Waals surface area contributed by atoms with Crippen LogP contribution in [0.4, 0.5) is 15.6 Å². The molecular formula is C17H23N5O2S. The van der Waals surface area contributed by atoms with Gasteiger partial charge in [0.15, 0.2) is 5.13 Å². The maximum absolute atomic E-state index is 12.1. The maximum Gasteiger partial charge on any atom is 0.319 e. The number of thiazole rings is 1. The third-order valence-corrected chi connectivity index (χ3v) is 4.52. The van der Waals surface area contributed by atoms with Crippen LogP contribution in [-0.2, 0) is 17.8 Å². The predicted octanol–water partition coefficient (Wildman–Crippen LogP) is 2.16. The lowest BCUT2D eigenvalue weighted by molar-refractivity contribution is -0.127. The van der Waals surface area contributed by atoms with Crippen LogP contribution in [0.2, 0.25) is 0 Å². The van der Waals surface area contributed by atoms with Crippen LogP contribution in [0.5, 0.6) is 0 Å². The van der Waals surface area contributed by atoms with E-state index in [0.29, 0.717) is 12.2 Å². The second-order valence-electron chi connectivity index (χ2n) is 5.95. The number of para-hydroxylation sites is 1. The number of rotatable bonds is 6. The summed E-state index contributed by atoms with van der Waals surface area (Å²) >= 11 is 1.53. The number of aromatic nitrogens is 1. The Kier molecular flexibility index (Phi) is 6.35. The highest BCUT2D eigenvalue weighted by Gasteiger charge is 2.12. The number of hydrogen-bond donors (Lipinski definition) is 2. The van der Waals surface area contributed by atoms with Gasteiger partial charge in [-0.3, -0.25) is 4.79 Å². The molecule has 0 radical (unpaired) electrons. The van der Waals surface area contributed by atoms with Crippen LogP contribution in [0.3, 0.4) is 0 Å². The Morgan fingerprint density at radius 3 is 2.52 bits per heavy atom. The molecule has 0 aliphatic carbocycles. The zero-order valence-electron chi connectivity index (χ0n) is 14.9. The Bertz CT molecular complexity index is 742. The molecule has 1 aromatic heterocycles. The molecule has 2 N–H and O–H groups in total. The fourth-order valence-corrected chi connectivity index (χ4v) is 2.80. The molecule has 8 heteroatoms. The van der Waals surface area contributed by atoms with E-state index in [4.69, 9.17) is 0 Å². The molecule has 0 unspecified atom stereocenters. The SMILES string of the molecule is CN(C)C(=O)Cc1ccccc1NC(=O)NCc1csc(N(C)C)n1. The van der Waals surface area contributed by atoms with Crippen LogP contribution < -0.4 is 15.5 Å². The molecule has 0 aliphatic rings. The van der Waals surface area contributed by atoms with Crippen molar-refractivity contribution >= 4 is 34.1 Å². The number of anilines is 2. The maximum atomic E-state index is 12.1. The van der Waals surface area contributed by atoms with Gasteiger partial charge in [0.1, 0.15) is 0 Å². The van der Waals surface area contributed by atoms with Crippen LogP contribution in [0, 0.1) is 0 Å². The molecule has 0 saturated heterocycles. The summed E-state index contributed by atoms with van der Waals surface area (Å²) in [5.74, 6) is -0.0200. The Morgan fingerprint density at radius 1 is 1.16 bits per heavy atom. The number of urea groups is 1. The van der Waals surface area contributed by atoms with Crippen molar-refractivity contribution in [3.63, 3.8) is 0 Å². The van der Waals surface area contributed by atoms with Gasteiger partial charge >= 0.3 is 6.03 Å². The molecule has 1 aromatic carbocycles. The zero-order valence-corrected chi connectivity index (χ0v) is 15.7. The van der Waals surface area contributed by atoms with E-state index in [2.05, 4.69) is 15.6 Å². The van der Waals surface area contributed by atoms with E-state index in [9.17, 15) is 9.59 Å². The largest absolute Gasteiger partial charge is 0.354 e. The molecule has 2 rings (SSSR count). The Morgan fingerprint density at radius 2 is 1.88 bits per heavy atom. The fourth-order valence-electron chi connectivity index (χ4n) is 2.04. The molecule has 1 heterocycles. The molecule has 0 atom stereocenters. The van der Waals surface area contributed by atoms with E-state index >= 15 is 0 Å². The normalized spacial score (nSPS) is 10.2. The number of amides is 3. The van der Waals surface area contributed by atoms with Crippen LogP contribution in [-0.4, -0.2) is 50.0 Å². The van der Waals surface area contributed by atoms with Crippen LogP contribution in [0.15, 0.2) is 29.6 Å². The minimum absolute atomic E-state index is 0.0200. The number of benzene rings is 1. The Hall–Kier alpha value is -2.61. The molecule has 25 heavy (non-hydrogen) atoms. The second-order valence-corrected chi connectivity index (χ2v) is 6.78. The minimum atomic E-state index is -0.329. The highest BCUT2D eigenvalue weighted by atomic mass is 32.1. The number of likely N-dealkylation sites (N-methyl/N-ethyl adjacent to an activating group) is 1. The van der Waals surface area contributed by atoms with Crippen molar-refractivity contribution in [1.29, 1.82) is 0 Å². The first-order valence-corrected chi connectivity index (χ1v) is 8.69. The summed E-state index contributed by atoms with van der Waals surface area (Å²) in [6.07, 6.45) is 0.238. The summed E-state index contributed by atoms with van der Waals surface area (Å²) in [5, 5.41) is 8.39. The monoisotopic (exact) mass is 361 g/mol. The standard InChI is InChI=1S/C17H23N5O2S/c1-21(2)15(23)9-12-7-5-6-8-14(12)20-16(24)18-10-13-11-25-17(19-13)22(3)4/h5-8,11H,9-10H2,1-4H3,(H2,18,20,24). The minimum Gasteiger partial charge on any atom is -0.354 e. The van der Waals surface area contributed by atoms with E-state index in [1.165, 1.54) is 16.2 Å². The summed E-state index contributed by atoms with van der Waals surface area (Å²) < 4.78 is 0. The van der Waals surface area contributed by atoms with Gasteiger partial charge in [-0.2, -0.15) is 0 Å². The highest BCUT2D eigenvalue weighted by molar-refractivity contribution is 7.13. The quantitative estimate of drug-likeness (QED) is 0.827. The topological polar surface area (TPSA) is 77.6 Å². The number of carbonyl (C=O) groups excluding carboxylic acids is 2. The van der Waals surface area contributed by atoms with Gasteiger partial charge in [-0.25, -0.2) is 9.78 Å². The van der Waals surface area contributed by atoms with E-state index < -0.39 is 0 Å². The third kappa shape index (κ3) is 5.46. The van der Waals surface area contributed by atoms with E-state index in [1.807, 2.05) is 42.6 Å². The van der Waals surface area contributed by atoms with Gasteiger partial charge in [0.2, 0.25) is 5.91 Å². The second kappa shape index (κ2) is 8.48. The smallest absolute Gasteiger partial charge is 0.319 e. The van der Waals surface area contributed by atoms with Gasteiger partial charge in [0.05, 0.1) is 18.7 Å². The summed E-state index contributed by atoms with van der Waals surface area (Å²) in [7, 11) is 7.27. The molecule has 0 bridgehead atoms. The van der Waals surface area contributed by atoms with Crippen molar-refractivity contribution in [2.75, 3.05) is 38.4 Å². The van der Waals surface area contributed by atoms with Gasteiger partial charge in [0.25, 0.3) is 0 Å². The molecule has 0 fully saturated rings. The molecule has 3 amide bonds. The Labute approximate surface area is 151 Å². The van der Waals surface area contributed by atoms with Crippen molar-refractivity contribution in [3.8, 4) is 0 Å². The lowest BCUT2D eigenvalue weighted by Crippen LogP contribution is -2.29. The molecule has 0 spiro atoms. The van der Waals surface area contributed by atoms with Crippen LogP contribution in [0.1, 0.15) is 11.3 Å². The number of nitrogens with one attached hydrogen (secondary N) is 2. The molecule has 0 saturated carbocycles. The van der Waals surface area contributed by atoms with Crippen LogP contribution in [0.25, 0.3) is 0 Å². The number of hydrogen-bond acceptors (Lipinski definition) is 5. The van der Waals surface area contributed by atoms with Crippen molar-refractivity contribution in [1.82, 2.24) is 15.2 Å². The lowest BCUT2D eigenvalue weighted by Gasteiger charge is -2.14. The molecule has 134 valence electrons. The first-order valence-electron chi connectivity index (χ1n) is 7.81. The van der Waals surface area contributed by atoms with Gasteiger partial charge in [-0.1, -0.05) is 18.2 Å². The van der Waals surface area contributed by atoms with Gasteiger partial charge < -0.3 is 20.4 Å². The number of nitrogens with zero attached hydrogens (tertiary/aromatic N) is 3. The molecular weight excluding hydrogens is 338 g/mol. The zero-order chi connectivity index (χ0) is 18.4. The first kappa shape index (κ1) is 18.7. The van der Waals surface area contributed by atoms with E-state index in [-0.39, 0.29) is 18.4 Å². The van der Waals surface area contributed by atoms with Gasteiger partial charge in [-0.05, 0) is 11.6 Å². The van der Waals surface area contributed by atoms with Gasteiger partial charge in [-0.15, -0.1) is 11.3 Å². The average Bonchev–Trinajstić information content (AvgIpc) is 3.04. The molecule has 2 aromatic rings. The summed E-state index contributed by atoms with van der Waals surface area (Å²) in [6.45, 7) is 0.342. The van der Waals surface area contributed by atoms with Crippen LogP contribution >= 0.6 is 11.3 Å². The third-order valence-electron chi connectivity index (χ3n) is 3.46. The predicted molar refractivity (Wildman–Crippen MR) is 101 cm³/mol. The van der Waals surface area contributed by atoms with Crippen molar-refractivity contribution in [2.45, 2.75) is 13.0 Å². The van der Waals surface area contributed by atoms with E-state index in [1.54, 1.807) is 20.2 Å². The summed E-state index contributed by atoms with van der Waals surface area (Å²) in [4.78, 5) is 31.9. The summed E-state index contributed by atoms with van der Waals surface area (Å²) in [5.41, 5.74) is 2.21. The molecule has 7 nitrogen and oxygen atoms in total. The van der Waals surface area contributed by atoms with Crippen molar-refractivity contribution in [3.05, 3.63) is 40.9 Å². The van der Waals surface area contributed by atoms with Crippen molar-refractivity contribution in [2.24, 2.45) is 0 Å². The Balaban J connectivity index is 1.94. The fraction of sp³-hybridized carbons (Fsp3) is 0.353. The average molecular weight is 361 g/mol. The van der Waals surface area contributed by atoms with E-state index in [0.717, 1.165) is 16.4 Å². The van der Waals surface area contributed by atoms with Crippen molar-refractivity contribution < 1.29 is 9.59 Å². The molecule has 0 aliphatic heterocycles. The number of carbonyl (C=O) groups is 2. The first-order chi connectivity index (χ1) is 11.9. The van der Waals surface area contributed by atoms with Gasteiger partial charge in [0, 0.05) is 39.3 Å². The highest BCUT2D eigenvalue weighted by Crippen LogP contribution is 2.18.